The number of esters is 1. The van der Waals surface area contributed by atoms with Crippen LogP contribution in [-0.4, -0.2) is 33.9 Å². The molecular weight excluding hydrogens is 328 g/mol. The van der Waals surface area contributed by atoms with Gasteiger partial charge < -0.3 is 10.1 Å². The zero-order valence-corrected chi connectivity index (χ0v) is 13.4. The number of nitrogens with zero attached hydrogens (tertiary/aromatic N) is 3. The number of aromatic nitrogens is 3. The lowest BCUT2D eigenvalue weighted by Gasteiger charge is -2.04. The van der Waals surface area contributed by atoms with Crippen LogP contribution < -0.4 is 5.32 Å². The third-order valence-corrected chi connectivity index (χ3v) is 3.95. The maximum Gasteiger partial charge on any atom is 0.337 e. The van der Waals surface area contributed by atoms with Crippen LogP contribution in [0, 0.1) is 0 Å². The smallest absolute Gasteiger partial charge is 0.337 e. The van der Waals surface area contributed by atoms with E-state index in [9.17, 15) is 9.59 Å². The molecule has 0 radical (unpaired) electrons. The molecule has 3 rings (SSSR count). The highest BCUT2D eigenvalue weighted by atomic mass is 32.1. The Kier molecular flexibility index (Phi) is 4.57. The molecule has 0 saturated heterocycles. The maximum absolute atomic E-state index is 12.2. The molecule has 2 aromatic heterocycles. The topological polar surface area (TPSA) is 94.1 Å². The lowest BCUT2D eigenvalue weighted by Crippen LogP contribution is -2.12. The van der Waals surface area contributed by atoms with Crippen LogP contribution in [0.25, 0.3) is 10.7 Å². The highest BCUT2D eigenvalue weighted by Gasteiger charge is 2.13. The predicted octanol–water partition coefficient (Wildman–Crippen LogP) is 2.64. The van der Waals surface area contributed by atoms with Crippen LogP contribution in [0.4, 0.5) is 5.69 Å². The maximum atomic E-state index is 12.2. The van der Waals surface area contributed by atoms with E-state index in [4.69, 9.17) is 0 Å². The first kappa shape index (κ1) is 15.8. The molecular formula is C16H12N4O3S. The number of ether oxygens (including phenoxy) is 1. The molecule has 2 heterocycles. The van der Waals surface area contributed by atoms with Crippen molar-refractivity contribution in [2.24, 2.45) is 0 Å². The molecule has 0 aliphatic carbocycles. The molecule has 0 fully saturated rings. The Hall–Kier alpha value is -3.13. The Morgan fingerprint density at radius 1 is 1.17 bits per heavy atom. The summed E-state index contributed by atoms with van der Waals surface area (Å²) in [6.07, 6.45) is 4.73. The number of carbonyl (C=O) groups is 2. The Morgan fingerprint density at radius 2 is 1.96 bits per heavy atom. The quantitative estimate of drug-likeness (QED) is 0.734. The van der Waals surface area contributed by atoms with E-state index in [2.05, 4.69) is 25.0 Å². The second kappa shape index (κ2) is 6.97. The standard InChI is InChI=1S/C16H12N4O3S/c1-23-16(22)10-2-4-11(5-3-10)19-14(21)13-9-24-15(20-13)12-8-17-6-7-18-12/h2-9H,1H3,(H,19,21). The zero-order chi connectivity index (χ0) is 16.9. The summed E-state index contributed by atoms with van der Waals surface area (Å²) in [4.78, 5) is 36.0. The molecule has 7 nitrogen and oxygen atoms in total. The van der Waals surface area contributed by atoms with Crippen LogP contribution in [0.5, 0.6) is 0 Å². The van der Waals surface area contributed by atoms with Crippen molar-refractivity contribution in [1.82, 2.24) is 15.0 Å². The van der Waals surface area contributed by atoms with Crippen LogP contribution >= 0.6 is 11.3 Å². The molecule has 0 spiro atoms. The van der Waals surface area contributed by atoms with Gasteiger partial charge in [0.25, 0.3) is 5.91 Å². The molecule has 1 amide bonds. The van der Waals surface area contributed by atoms with E-state index >= 15 is 0 Å². The van der Waals surface area contributed by atoms with E-state index in [0.717, 1.165) is 0 Å². The SMILES string of the molecule is COC(=O)c1ccc(NC(=O)c2csc(-c3cnccn3)n2)cc1. The third-order valence-electron chi connectivity index (χ3n) is 3.08. The molecule has 24 heavy (non-hydrogen) atoms. The van der Waals surface area contributed by atoms with Crippen molar-refractivity contribution in [2.45, 2.75) is 0 Å². The molecule has 3 aromatic rings. The second-order valence-corrected chi connectivity index (χ2v) is 5.51. The molecule has 0 aliphatic heterocycles. The lowest BCUT2D eigenvalue weighted by atomic mass is 10.2. The summed E-state index contributed by atoms with van der Waals surface area (Å²) in [5, 5.41) is 5.00. The molecule has 1 aromatic carbocycles. The number of benzene rings is 1. The van der Waals surface area contributed by atoms with Gasteiger partial charge in [-0.3, -0.25) is 14.8 Å². The molecule has 0 atom stereocenters. The minimum absolute atomic E-state index is 0.290. The van der Waals surface area contributed by atoms with Crippen molar-refractivity contribution in [1.29, 1.82) is 0 Å². The van der Waals surface area contributed by atoms with Crippen LogP contribution in [0.15, 0.2) is 48.2 Å². The number of nitrogens with one attached hydrogen (secondary N) is 1. The number of hydrogen-bond donors (Lipinski definition) is 1. The van der Waals surface area contributed by atoms with Crippen LogP contribution in [-0.2, 0) is 4.74 Å². The van der Waals surface area contributed by atoms with Crippen molar-refractivity contribution in [3.63, 3.8) is 0 Å². The normalized spacial score (nSPS) is 10.2. The highest BCUT2D eigenvalue weighted by molar-refractivity contribution is 7.13. The largest absolute Gasteiger partial charge is 0.465 e. The summed E-state index contributed by atoms with van der Waals surface area (Å²) in [5.41, 5.74) is 1.87. The minimum atomic E-state index is -0.430. The third kappa shape index (κ3) is 3.44. The van der Waals surface area contributed by atoms with Gasteiger partial charge in [-0.25, -0.2) is 9.78 Å². The number of carbonyl (C=O) groups excluding carboxylic acids is 2. The van der Waals surface area contributed by atoms with Gasteiger partial charge in [0.2, 0.25) is 0 Å². The van der Waals surface area contributed by atoms with Gasteiger partial charge in [0.15, 0.2) is 0 Å². The predicted molar refractivity (Wildman–Crippen MR) is 88.9 cm³/mol. The number of hydrogen-bond acceptors (Lipinski definition) is 7. The molecule has 0 unspecified atom stereocenters. The van der Waals surface area contributed by atoms with Gasteiger partial charge in [-0.15, -0.1) is 11.3 Å². The van der Waals surface area contributed by atoms with E-state index in [0.29, 0.717) is 22.0 Å². The fraction of sp³-hybridized carbons (Fsp3) is 0.0625. The van der Waals surface area contributed by atoms with Crippen LogP contribution in [0.3, 0.4) is 0 Å². The van der Waals surface area contributed by atoms with E-state index in [-0.39, 0.29) is 11.6 Å². The number of thiazole rings is 1. The average Bonchev–Trinajstić information content (AvgIpc) is 3.13. The zero-order valence-electron chi connectivity index (χ0n) is 12.6. The summed E-state index contributed by atoms with van der Waals surface area (Å²) in [6.45, 7) is 0. The van der Waals surface area contributed by atoms with E-state index in [1.54, 1.807) is 48.2 Å². The Labute approximate surface area is 141 Å². The summed E-state index contributed by atoms with van der Waals surface area (Å²) in [5.74, 6) is -0.770. The van der Waals surface area contributed by atoms with Crippen molar-refractivity contribution in [3.8, 4) is 10.7 Å². The highest BCUT2D eigenvalue weighted by Crippen LogP contribution is 2.21. The Morgan fingerprint density at radius 3 is 2.62 bits per heavy atom. The first-order chi connectivity index (χ1) is 11.7. The number of methoxy groups -OCH3 is 1. The number of anilines is 1. The van der Waals surface area contributed by atoms with E-state index in [1.807, 2.05) is 0 Å². The molecule has 120 valence electrons. The first-order valence-electron chi connectivity index (χ1n) is 6.89. The minimum Gasteiger partial charge on any atom is -0.465 e. The van der Waals surface area contributed by atoms with Gasteiger partial charge >= 0.3 is 5.97 Å². The van der Waals surface area contributed by atoms with Crippen molar-refractivity contribution in [3.05, 3.63) is 59.5 Å². The van der Waals surface area contributed by atoms with E-state index in [1.165, 1.54) is 18.4 Å². The van der Waals surface area contributed by atoms with Gasteiger partial charge in [-0.2, -0.15) is 0 Å². The van der Waals surface area contributed by atoms with Gasteiger partial charge in [0, 0.05) is 23.5 Å². The molecule has 0 aliphatic rings. The Bertz CT molecular complexity index is 863. The van der Waals surface area contributed by atoms with Crippen molar-refractivity contribution < 1.29 is 14.3 Å². The second-order valence-electron chi connectivity index (χ2n) is 4.65. The first-order valence-corrected chi connectivity index (χ1v) is 7.77. The van der Waals surface area contributed by atoms with Crippen LogP contribution in [0.1, 0.15) is 20.8 Å². The van der Waals surface area contributed by atoms with Gasteiger partial charge in [0.1, 0.15) is 16.4 Å². The molecule has 0 bridgehead atoms. The van der Waals surface area contributed by atoms with Crippen molar-refractivity contribution in [2.75, 3.05) is 12.4 Å². The average molecular weight is 340 g/mol. The van der Waals surface area contributed by atoms with Gasteiger partial charge in [-0.05, 0) is 24.3 Å². The van der Waals surface area contributed by atoms with Gasteiger partial charge in [-0.1, -0.05) is 0 Å². The molecule has 8 heteroatoms. The summed E-state index contributed by atoms with van der Waals surface area (Å²) >= 11 is 1.32. The fourth-order valence-corrected chi connectivity index (χ4v) is 2.67. The lowest BCUT2D eigenvalue weighted by molar-refractivity contribution is 0.0600. The summed E-state index contributed by atoms with van der Waals surface area (Å²) < 4.78 is 4.63. The van der Waals surface area contributed by atoms with Crippen molar-refractivity contribution >= 4 is 28.9 Å². The van der Waals surface area contributed by atoms with Crippen LogP contribution in [0.2, 0.25) is 0 Å². The summed E-state index contributed by atoms with van der Waals surface area (Å²) in [7, 11) is 1.31. The number of rotatable bonds is 4. The summed E-state index contributed by atoms with van der Waals surface area (Å²) in [6, 6.07) is 6.40. The monoisotopic (exact) mass is 340 g/mol. The Balaban J connectivity index is 1.71. The number of amides is 1. The van der Waals surface area contributed by atoms with Gasteiger partial charge in [0.05, 0.1) is 18.9 Å². The molecule has 0 saturated carbocycles. The molecule has 1 N–H and O–H groups in total. The van der Waals surface area contributed by atoms with E-state index < -0.39 is 5.97 Å². The fourth-order valence-electron chi connectivity index (χ4n) is 1.91.